The summed E-state index contributed by atoms with van der Waals surface area (Å²) < 4.78 is 6.77. The second kappa shape index (κ2) is 6.23. The lowest BCUT2D eigenvalue weighted by molar-refractivity contribution is -0.0208. The minimum Gasteiger partial charge on any atom is -0.352 e. The zero-order chi connectivity index (χ0) is 16.4. The van der Waals surface area contributed by atoms with Crippen molar-refractivity contribution >= 4 is 0 Å². The van der Waals surface area contributed by atoms with Crippen molar-refractivity contribution in [3.8, 4) is 0 Å². The zero-order valence-corrected chi connectivity index (χ0v) is 13.8. The number of likely N-dealkylation sites (N-methyl/N-ethyl adjacent to an activating group) is 1. The number of ether oxygens (including phenoxy) is 1. The average Bonchev–Trinajstić information content (AvgIpc) is 2.99. The molecule has 0 radical (unpaired) electrons. The number of hydrogen-bond donors (Lipinski definition) is 1. The summed E-state index contributed by atoms with van der Waals surface area (Å²) in [5.74, 6) is 0. The van der Waals surface area contributed by atoms with Crippen LogP contribution in [0.25, 0.3) is 0 Å². The molecule has 3 aromatic carbocycles. The van der Waals surface area contributed by atoms with Crippen LogP contribution >= 0.6 is 0 Å². The van der Waals surface area contributed by atoms with Crippen LogP contribution in [0.1, 0.15) is 28.4 Å². The Balaban J connectivity index is 1.99. The third-order valence-electron chi connectivity index (χ3n) is 4.76. The fourth-order valence-corrected chi connectivity index (χ4v) is 3.74. The highest BCUT2D eigenvalue weighted by Gasteiger charge is 2.47. The summed E-state index contributed by atoms with van der Waals surface area (Å²) in [6.07, 6.45) is 0.0339. The van der Waals surface area contributed by atoms with Crippen LogP contribution in [0.15, 0.2) is 84.9 Å². The lowest BCUT2D eigenvalue weighted by Gasteiger charge is -2.32. The van der Waals surface area contributed by atoms with Gasteiger partial charge in [-0.3, -0.25) is 0 Å². The van der Waals surface area contributed by atoms with E-state index in [2.05, 4.69) is 78.1 Å². The van der Waals surface area contributed by atoms with Gasteiger partial charge in [0.05, 0.1) is 6.10 Å². The topological polar surface area (TPSA) is 21.3 Å². The van der Waals surface area contributed by atoms with E-state index in [1.54, 1.807) is 0 Å². The van der Waals surface area contributed by atoms with Crippen molar-refractivity contribution in [3.63, 3.8) is 0 Å². The molecule has 3 aromatic rings. The average molecular weight is 315 g/mol. The van der Waals surface area contributed by atoms with Gasteiger partial charge in [-0.1, -0.05) is 84.9 Å². The number of rotatable bonds is 4. The standard InChI is InChI=1S/C22H21NO/c1-23-16-21-19-14-8-9-15-20(19)22(24-21,17-10-4-2-5-11-17)18-12-6-3-7-13-18/h2-15,21,23H,16H2,1H3. The summed E-state index contributed by atoms with van der Waals surface area (Å²) in [4.78, 5) is 0. The second-order valence-electron chi connectivity index (χ2n) is 6.16. The van der Waals surface area contributed by atoms with E-state index < -0.39 is 5.60 Å². The summed E-state index contributed by atoms with van der Waals surface area (Å²) in [5.41, 5.74) is 4.28. The molecule has 0 saturated heterocycles. The van der Waals surface area contributed by atoms with Gasteiger partial charge in [0.1, 0.15) is 5.60 Å². The predicted molar refractivity (Wildman–Crippen MR) is 97.0 cm³/mol. The van der Waals surface area contributed by atoms with Crippen molar-refractivity contribution in [2.45, 2.75) is 11.7 Å². The van der Waals surface area contributed by atoms with Crippen LogP contribution in [-0.4, -0.2) is 13.6 Å². The second-order valence-corrected chi connectivity index (χ2v) is 6.16. The Morgan fingerprint density at radius 3 is 1.92 bits per heavy atom. The van der Waals surface area contributed by atoms with E-state index >= 15 is 0 Å². The van der Waals surface area contributed by atoms with Crippen molar-refractivity contribution in [3.05, 3.63) is 107 Å². The summed E-state index contributed by atoms with van der Waals surface area (Å²) in [6, 6.07) is 29.6. The molecule has 1 N–H and O–H groups in total. The predicted octanol–water partition coefficient (Wildman–Crippen LogP) is 4.27. The minimum atomic E-state index is -0.555. The van der Waals surface area contributed by atoms with E-state index in [4.69, 9.17) is 4.74 Å². The molecule has 0 saturated carbocycles. The van der Waals surface area contributed by atoms with E-state index in [0.717, 1.165) is 6.54 Å². The first-order valence-electron chi connectivity index (χ1n) is 8.39. The zero-order valence-electron chi connectivity index (χ0n) is 13.8. The van der Waals surface area contributed by atoms with Crippen LogP contribution in [0.5, 0.6) is 0 Å². The maximum atomic E-state index is 6.77. The molecule has 0 spiro atoms. The van der Waals surface area contributed by atoms with E-state index in [9.17, 15) is 0 Å². The van der Waals surface area contributed by atoms with Gasteiger partial charge in [-0.25, -0.2) is 0 Å². The number of fused-ring (bicyclic) bond motifs is 1. The van der Waals surface area contributed by atoms with Gasteiger partial charge in [-0.2, -0.15) is 0 Å². The lowest BCUT2D eigenvalue weighted by atomic mass is 9.80. The van der Waals surface area contributed by atoms with Gasteiger partial charge in [0.25, 0.3) is 0 Å². The largest absolute Gasteiger partial charge is 0.352 e. The molecule has 2 nitrogen and oxygen atoms in total. The van der Waals surface area contributed by atoms with Crippen LogP contribution in [0.2, 0.25) is 0 Å². The third kappa shape index (κ3) is 2.27. The van der Waals surface area contributed by atoms with Crippen LogP contribution in [0.4, 0.5) is 0 Å². The van der Waals surface area contributed by atoms with Crippen LogP contribution in [-0.2, 0) is 10.3 Å². The fraction of sp³-hybridized carbons (Fsp3) is 0.182. The lowest BCUT2D eigenvalue weighted by Crippen LogP contribution is -2.30. The Kier molecular flexibility index (Phi) is 3.93. The Bertz CT molecular complexity index is 774. The maximum Gasteiger partial charge on any atom is 0.144 e. The van der Waals surface area contributed by atoms with Crippen molar-refractivity contribution in [2.24, 2.45) is 0 Å². The molecule has 0 aromatic heterocycles. The van der Waals surface area contributed by atoms with Gasteiger partial charge in [0.2, 0.25) is 0 Å². The highest BCUT2D eigenvalue weighted by Crippen LogP contribution is 2.51. The summed E-state index contributed by atoms with van der Waals surface area (Å²) in [5, 5.41) is 3.27. The summed E-state index contributed by atoms with van der Waals surface area (Å²) in [7, 11) is 1.97. The van der Waals surface area contributed by atoms with Crippen LogP contribution in [0, 0.1) is 0 Å². The van der Waals surface area contributed by atoms with Crippen molar-refractivity contribution in [1.82, 2.24) is 5.32 Å². The van der Waals surface area contributed by atoms with E-state index in [1.165, 1.54) is 22.3 Å². The Labute approximate surface area is 143 Å². The van der Waals surface area contributed by atoms with Gasteiger partial charge in [0, 0.05) is 6.54 Å². The summed E-state index contributed by atoms with van der Waals surface area (Å²) in [6.45, 7) is 0.790. The van der Waals surface area contributed by atoms with Crippen molar-refractivity contribution in [2.75, 3.05) is 13.6 Å². The van der Waals surface area contributed by atoms with Gasteiger partial charge >= 0.3 is 0 Å². The van der Waals surface area contributed by atoms with Crippen molar-refractivity contribution in [1.29, 1.82) is 0 Å². The molecule has 4 rings (SSSR count). The highest BCUT2D eigenvalue weighted by molar-refractivity contribution is 5.53. The molecule has 0 aliphatic carbocycles. The van der Waals surface area contributed by atoms with E-state index in [-0.39, 0.29) is 6.10 Å². The van der Waals surface area contributed by atoms with Gasteiger partial charge in [0.15, 0.2) is 0 Å². The molecule has 1 aliphatic rings. The minimum absolute atomic E-state index is 0.0339. The molecular formula is C22H21NO. The van der Waals surface area contributed by atoms with E-state index in [1.807, 2.05) is 19.2 Å². The molecule has 1 heterocycles. The van der Waals surface area contributed by atoms with E-state index in [0.29, 0.717) is 0 Å². The fourth-order valence-electron chi connectivity index (χ4n) is 3.74. The molecular weight excluding hydrogens is 294 g/mol. The maximum absolute atomic E-state index is 6.77. The monoisotopic (exact) mass is 315 g/mol. The normalized spacial score (nSPS) is 18.3. The quantitative estimate of drug-likeness (QED) is 0.776. The van der Waals surface area contributed by atoms with Gasteiger partial charge in [-0.05, 0) is 29.3 Å². The Morgan fingerprint density at radius 2 is 1.33 bits per heavy atom. The number of hydrogen-bond acceptors (Lipinski definition) is 2. The highest BCUT2D eigenvalue weighted by atomic mass is 16.5. The molecule has 0 amide bonds. The molecule has 1 aliphatic heterocycles. The molecule has 0 fully saturated rings. The van der Waals surface area contributed by atoms with Gasteiger partial charge in [-0.15, -0.1) is 0 Å². The molecule has 1 unspecified atom stereocenters. The van der Waals surface area contributed by atoms with Crippen LogP contribution < -0.4 is 5.32 Å². The summed E-state index contributed by atoms with van der Waals surface area (Å²) >= 11 is 0. The van der Waals surface area contributed by atoms with Crippen molar-refractivity contribution < 1.29 is 4.74 Å². The number of nitrogens with one attached hydrogen (secondary N) is 1. The molecule has 1 atom stereocenters. The Morgan fingerprint density at radius 1 is 0.792 bits per heavy atom. The first kappa shape index (κ1) is 15.1. The SMILES string of the molecule is CNCC1OC(c2ccccc2)(c2ccccc2)c2ccccc21. The first-order valence-corrected chi connectivity index (χ1v) is 8.39. The molecule has 120 valence electrons. The Hall–Kier alpha value is -2.42. The number of benzene rings is 3. The smallest absolute Gasteiger partial charge is 0.144 e. The molecule has 0 bridgehead atoms. The molecule has 24 heavy (non-hydrogen) atoms. The first-order chi connectivity index (χ1) is 11.9. The molecule has 2 heteroatoms. The van der Waals surface area contributed by atoms with Gasteiger partial charge < -0.3 is 10.1 Å². The third-order valence-corrected chi connectivity index (χ3v) is 4.76. The van der Waals surface area contributed by atoms with Crippen LogP contribution in [0.3, 0.4) is 0 Å².